The van der Waals surface area contributed by atoms with Crippen molar-refractivity contribution >= 4 is 15.8 Å². The van der Waals surface area contributed by atoms with E-state index < -0.39 is 10.0 Å². The predicted molar refractivity (Wildman–Crippen MR) is 85.4 cm³/mol. The molecule has 2 unspecified atom stereocenters. The highest BCUT2D eigenvalue weighted by atomic mass is 32.2. The largest absolute Gasteiger partial charge is 0.497 e. The number of carbonyl (C=O) groups excluding carboxylic acids is 1. The molecule has 1 aliphatic heterocycles. The van der Waals surface area contributed by atoms with E-state index in [0.717, 1.165) is 25.7 Å². The quantitative estimate of drug-likeness (QED) is 0.575. The fourth-order valence-corrected chi connectivity index (χ4v) is 4.67. The first-order chi connectivity index (χ1) is 10.4. The van der Waals surface area contributed by atoms with E-state index in [1.807, 2.05) is 0 Å². The van der Waals surface area contributed by atoms with Crippen LogP contribution in [-0.4, -0.2) is 38.2 Å². The molecule has 0 aromatic carbocycles. The molecule has 1 saturated carbocycles. The topological polar surface area (TPSA) is 63.7 Å². The SMILES string of the molecule is C=C(/C=C\C(=C)S(=O)(=O)N1CCC(=O)C2CCCCC21)OC. The summed E-state index contributed by atoms with van der Waals surface area (Å²) in [5.74, 6) is 0.411. The van der Waals surface area contributed by atoms with Gasteiger partial charge < -0.3 is 4.74 Å². The Bertz CT molecular complexity index is 606. The van der Waals surface area contributed by atoms with Crippen molar-refractivity contribution in [2.45, 2.75) is 38.1 Å². The molecule has 122 valence electrons. The van der Waals surface area contributed by atoms with Crippen molar-refractivity contribution in [1.82, 2.24) is 4.31 Å². The summed E-state index contributed by atoms with van der Waals surface area (Å²) in [7, 11) is -2.19. The summed E-state index contributed by atoms with van der Waals surface area (Å²) in [6.07, 6.45) is 6.67. The van der Waals surface area contributed by atoms with Crippen molar-refractivity contribution < 1.29 is 17.9 Å². The number of hydrogen-bond donors (Lipinski definition) is 0. The lowest BCUT2D eigenvalue weighted by Crippen LogP contribution is -2.53. The van der Waals surface area contributed by atoms with E-state index in [4.69, 9.17) is 4.74 Å². The Labute approximate surface area is 132 Å². The van der Waals surface area contributed by atoms with E-state index in [0.29, 0.717) is 12.2 Å². The second-order valence-corrected chi connectivity index (χ2v) is 7.70. The maximum atomic E-state index is 12.7. The number of fused-ring (bicyclic) bond motifs is 1. The lowest BCUT2D eigenvalue weighted by Gasteiger charge is -2.42. The molecular weight excluding hydrogens is 302 g/mol. The van der Waals surface area contributed by atoms with Gasteiger partial charge in [0.05, 0.1) is 12.0 Å². The number of ketones is 1. The normalized spacial score (nSPS) is 26.7. The minimum Gasteiger partial charge on any atom is -0.497 e. The third-order valence-corrected chi connectivity index (χ3v) is 6.32. The van der Waals surface area contributed by atoms with Gasteiger partial charge in [-0.2, -0.15) is 4.31 Å². The van der Waals surface area contributed by atoms with Crippen LogP contribution in [-0.2, 0) is 19.6 Å². The molecule has 1 heterocycles. The van der Waals surface area contributed by atoms with Gasteiger partial charge in [-0.05, 0) is 25.0 Å². The summed E-state index contributed by atoms with van der Waals surface area (Å²) >= 11 is 0. The summed E-state index contributed by atoms with van der Waals surface area (Å²) in [6.45, 7) is 7.53. The number of sulfonamides is 1. The molecule has 0 amide bonds. The molecule has 0 N–H and O–H groups in total. The van der Waals surface area contributed by atoms with Gasteiger partial charge in [0.15, 0.2) is 0 Å². The van der Waals surface area contributed by atoms with Gasteiger partial charge >= 0.3 is 0 Å². The predicted octanol–water partition coefficient (Wildman–Crippen LogP) is 2.38. The van der Waals surface area contributed by atoms with Crippen LogP contribution in [0.25, 0.3) is 0 Å². The molecule has 0 bridgehead atoms. The van der Waals surface area contributed by atoms with Crippen molar-refractivity contribution in [2.24, 2.45) is 5.92 Å². The van der Waals surface area contributed by atoms with Gasteiger partial charge in [0.25, 0.3) is 0 Å². The number of Topliss-reactive ketones (excluding diaryl/α,β-unsaturated/α-hetero) is 1. The van der Waals surface area contributed by atoms with E-state index in [1.54, 1.807) is 0 Å². The second-order valence-electron chi connectivity index (χ2n) is 5.76. The Morgan fingerprint density at radius 3 is 2.64 bits per heavy atom. The first kappa shape index (κ1) is 17.0. The highest BCUT2D eigenvalue weighted by Crippen LogP contribution is 2.36. The van der Waals surface area contributed by atoms with Crippen LogP contribution in [0.15, 0.2) is 36.0 Å². The summed E-state index contributed by atoms with van der Waals surface area (Å²) in [5.41, 5.74) is 0. The van der Waals surface area contributed by atoms with Crippen molar-refractivity contribution in [3.63, 3.8) is 0 Å². The van der Waals surface area contributed by atoms with Gasteiger partial charge in [-0.15, -0.1) is 0 Å². The molecule has 22 heavy (non-hydrogen) atoms. The lowest BCUT2D eigenvalue weighted by molar-refractivity contribution is -0.128. The Morgan fingerprint density at radius 2 is 1.95 bits per heavy atom. The zero-order valence-electron chi connectivity index (χ0n) is 13.0. The maximum absolute atomic E-state index is 12.7. The number of nitrogens with zero attached hydrogens (tertiary/aromatic N) is 1. The molecule has 5 nitrogen and oxygen atoms in total. The molecular formula is C16H23NO4S. The molecule has 0 radical (unpaired) electrons. The van der Waals surface area contributed by atoms with Crippen LogP contribution in [0.1, 0.15) is 32.1 Å². The zero-order chi connectivity index (χ0) is 16.3. The third-order valence-electron chi connectivity index (χ3n) is 4.45. The van der Waals surface area contributed by atoms with Crippen LogP contribution in [0.5, 0.6) is 0 Å². The van der Waals surface area contributed by atoms with Crippen molar-refractivity contribution in [1.29, 1.82) is 0 Å². The van der Waals surface area contributed by atoms with E-state index in [1.165, 1.54) is 23.6 Å². The number of allylic oxidation sites excluding steroid dienone is 2. The molecule has 2 atom stereocenters. The van der Waals surface area contributed by atoms with Crippen LogP contribution < -0.4 is 0 Å². The molecule has 1 saturated heterocycles. The molecule has 0 aromatic rings. The fraction of sp³-hybridized carbons (Fsp3) is 0.562. The maximum Gasteiger partial charge on any atom is 0.242 e. The fourth-order valence-electron chi connectivity index (χ4n) is 3.19. The second kappa shape index (κ2) is 6.79. The number of ether oxygens (including phenoxy) is 1. The van der Waals surface area contributed by atoms with E-state index in [9.17, 15) is 13.2 Å². The minimum atomic E-state index is -3.66. The summed E-state index contributed by atoms with van der Waals surface area (Å²) < 4.78 is 31.8. The van der Waals surface area contributed by atoms with E-state index >= 15 is 0 Å². The highest BCUT2D eigenvalue weighted by Gasteiger charge is 2.43. The van der Waals surface area contributed by atoms with Gasteiger partial charge in [0, 0.05) is 24.9 Å². The molecule has 2 fully saturated rings. The number of methoxy groups -OCH3 is 1. The Balaban J connectivity index is 2.21. The number of carbonyl (C=O) groups is 1. The van der Waals surface area contributed by atoms with Crippen molar-refractivity contribution in [3.05, 3.63) is 36.0 Å². The van der Waals surface area contributed by atoms with Gasteiger partial charge in [-0.25, -0.2) is 8.42 Å². The summed E-state index contributed by atoms with van der Waals surface area (Å²) in [4.78, 5) is 12.0. The van der Waals surface area contributed by atoms with Crippen LogP contribution in [0.3, 0.4) is 0 Å². The standard InChI is InChI=1S/C16H23NO4S/c1-12(21-3)8-9-13(2)22(19,20)17-11-10-16(18)14-6-4-5-7-15(14)17/h8-9,14-15H,1-2,4-7,10-11H2,3H3/b9-8-. The minimum absolute atomic E-state index is 0.00405. The van der Waals surface area contributed by atoms with Crippen molar-refractivity contribution in [3.8, 4) is 0 Å². The summed E-state index contributed by atoms with van der Waals surface area (Å²) in [5, 5.41) is 0. The number of hydrogen-bond acceptors (Lipinski definition) is 4. The smallest absolute Gasteiger partial charge is 0.242 e. The van der Waals surface area contributed by atoms with Gasteiger partial charge in [-0.3, -0.25) is 4.79 Å². The van der Waals surface area contributed by atoms with Crippen LogP contribution in [0.4, 0.5) is 0 Å². The average Bonchev–Trinajstić information content (AvgIpc) is 2.52. The van der Waals surface area contributed by atoms with E-state index in [-0.39, 0.29) is 29.2 Å². The molecule has 6 heteroatoms. The summed E-state index contributed by atoms with van der Waals surface area (Å²) in [6, 6.07) is -0.212. The molecule has 2 rings (SSSR count). The van der Waals surface area contributed by atoms with Gasteiger partial charge in [0.2, 0.25) is 10.0 Å². The average molecular weight is 325 g/mol. The molecule has 2 aliphatic rings. The van der Waals surface area contributed by atoms with Crippen LogP contribution in [0.2, 0.25) is 0 Å². The number of piperidine rings is 1. The van der Waals surface area contributed by atoms with Crippen LogP contribution >= 0.6 is 0 Å². The Morgan fingerprint density at radius 1 is 1.27 bits per heavy atom. The molecule has 0 aromatic heterocycles. The first-order valence-electron chi connectivity index (χ1n) is 7.52. The first-order valence-corrected chi connectivity index (χ1v) is 8.96. The number of rotatable bonds is 5. The third kappa shape index (κ3) is 3.33. The zero-order valence-corrected chi connectivity index (χ0v) is 13.8. The molecule has 0 spiro atoms. The Hall–Kier alpha value is -1.40. The lowest BCUT2D eigenvalue weighted by atomic mass is 9.79. The Kier molecular flexibility index (Phi) is 5.24. The monoisotopic (exact) mass is 325 g/mol. The van der Waals surface area contributed by atoms with Gasteiger partial charge in [0.1, 0.15) is 11.5 Å². The van der Waals surface area contributed by atoms with Gasteiger partial charge in [-0.1, -0.05) is 26.0 Å². The molecule has 1 aliphatic carbocycles. The van der Waals surface area contributed by atoms with Crippen LogP contribution in [0, 0.1) is 5.92 Å². The van der Waals surface area contributed by atoms with E-state index in [2.05, 4.69) is 13.2 Å². The highest BCUT2D eigenvalue weighted by molar-refractivity contribution is 7.93. The van der Waals surface area contributed by atoms with Crippen molar-refractivity contribution in [2.75, 3.05) is 13.7 Å².